The molecule has 0 aliphatic carbocycles. The smallest absolute Gasteiger partial charge is 0.410 e. The number of pyridine rings is 1. The largest absolute Gasteiger partial charge is 0.484 e. The number of nitrogens with zero attached hydrogens (tertiary/aromatic N) is 5. The lowest BCUT2D eigenvalue weighted by Gasteiger charge is -2.37. The number of anilines is 1. The lowest BCUT2D eigenvalue weighted by molar-refractivity contribution is -0.0827. The zero-order chi connectivity index (χ0) is 27.7. The van der Waals surface area contributed by atoms with Gasteiger partial charge in [0.1, 0.15) is 40.1 Å². The van der Waals surface area contributed by atoms with Gasteiger partial charge in [-0.15, -0.1) is 0 Å². The van der Waals surface area contributed by atoms with E-state index >= 15 is 0 Å². The first-order chi connectivity index (χ1) is 17.8. The third kappa shape index (κ3) is 6.32. The standard InChI is InChI=1S/C25H33N7O6/c1-7-15(17-13-32(10-11-35-17)23(33)37-24(2,3)4)36-16-12-27-14(8-9-25(5,6)34)18-19(16)29-22(28-18)20-21(26)31-38-30-20/h12,15,17,34H,7,10-11,13H2,1-6H3,(H2,26,31)(H,28,29)/t15?,17-/m0/s1. The maximum Gasteiger partial charge on any atom is 0.410 e. The number of rotatable bonds is 5. The highest BCUT2D eigenvalue weighted by molar-refractivity contribution is 5.88. The van der Waals surface area contributed by atoms with Gasteiger partial charge < -0.3 is 34.9 Å². The summed E-state index contributed by atoms with van der Waals surface area (Å²) in [6.07, 6.45) is 0.917. The van der Waals surface area contributed by atoms with Gasteiger partial charge in [-0.05, 0) is 57.3 Å². The number of nitrogens with two attached hydrogens (primary N) is 1. The van der Waals surface area contributed by atoms with Crippen molar-refractivity contribution < 1.29 is 28.7 Å². The molecule has 0 spiro atoms. The van der Waals surface area contributed by atoms with Gasteiger partial charge >= 0.3 is 6.09 Å². The van der Waals surface area contributed by atoms with E-state index in [4.69, 9.17) is 24.6 Å². The van der Waals surface area contributed by atoms with Gasteiger partial charge in [0, 0.05) is 6.54 Å². The third-order valence-electron chi connectivity index (χ3n) is 5.55. The predicted octanol–water partition coefficient (Wildman–Crippen LogP) is 2.51. The Morgan fingerprint density at radius 1 is 1.34 bits per heavy atom. The fourth-order valence-electron chi connectivity index (χ4n) is 3.81. The fraction of sp³-hybridized carbons (Fsp3) is 0.560. The Morgan fingerprint density at radius 2 is 2.11 bits per heavy atom. The molecule has 4 heterocycles. The number of imidazole rings is 1. The monoisotopic (exact) mass is 527 g/mol. The number of carbonyl (C=O) groups excluding carboxylic acids is 1. The van der Waals surface area contributed by atoms with Gasteiger partial charge in [-0.3, -0.25) is 0 Å². The van der Waals surface area contributed by atoms with Gasteiger partial charge in [0.15, 0.2) is 23.1 Å². The number of fused-ring (bicyclic) bond motifs is 1. The summed E-state index contributed by atoms with van der Waals surface area (Å²) in [7, 11) is 0. The Hall–Kier alpha value is -3.89. The number of aromatic nitrogens is 5. The molecule has 1 aliphatic heterocycles. The number of hydrogen-bond donors (Lipinski definition) is 3. The molecule has 1 saturated heterocycles. The highest BCUT2D eigenvalue weighted by Crippen LogP contribution is 2.31. The lowest BCUT2D eigenvalue weighted by atomic mass is 10.1. The summed E-state index contributed by atoms with van der Waals surface area (Å²) in [5.41, 5.74) is 5.48. The number of aromatic amines is 1. The number of H-pyrrole nitrogens is 1. The quantitative estimate of drug-likeness (QED) is 0.416. The second-order valence-corrected chi connectivity index (χ2v) is 10.5. The topological polar surface area (TPSA) is 175 Å². The summed E-state index contributed by atoms with van der Waals surface area (Å²) in [5.74, 6) is 6.37. The maximum atomic E-state index is 12.6. The van der Waals surface area contributed by atoms with Crippen LogP contribution in [0, 0.1) is 11.8 Å². The van der Waals surface area contributed by atoms with Crippen LogP contribution >= 0.6 is 0 Å². The molecule has 0 bridgehead atoms. The molecule has 1 amide bonds. The number of amides is 1. The highest BCUT2D eigenvalue weighted by Gasteiger charge is 2.33. The van der Waals surface area contributed by atoms with Crippen LogP contribution in [0.3, 0.4) is 0 Å². The molecule has 13 nitrogen and oxygen atoms in total. The van der Waals surface area contributed by atoms with Crippen LogP contribution in [0.4, 0.5) is 10.6 Å². The maximum absolute atomic E-state index is 12.6. The van der Waals surface area contributed by atoms with Crippen LogP contribution in [0.15, 0.2) is 10.8 Å². The second-order valence-electron chi connectivity index (χ2n) is 10.5. The van der Waals surface area contributed by atoms with Crippen molar-refractivity contribution in [1.29, 1.82) is 0 Å². The first-order valence-corrected chi connectivity index (χ1v) is 12.3. The van der Waals surface area contributed by atoms with Gasteiger partial charge in [-0.25, -0.2) is 19.4 Å². The SMILES string of the molecule is CCC(Oc1cnc(C#CC(C)(C)O)c2nc(-c3nonc3N)[nH]c12)[C@@H]1CN(C(=O)OC(C)(C)C)CCO1. The van der Waals surface area contributed by atoms with Gasteiger partial charge in [0.2, 0.25) is 0 Å². The van der Waals surface area contributed by atoms with Crippen LogP contribution in [0.25, 0.3) is 22.6 Å². The average molecular weight is 528 g/mol. The van der Waals surface area contributed by atoms with E-state index in [1.807, 2.05) is 27.7 Å². The molecule has 4 rings (SSSR count). The Balaban J connectivity index is 1.65. The summed E-state index contributed by atoms with van der Waals surface area (Å²) in [6, 6.07) is 0. The number of morpholine rings is 1. The zero-order valence-corrected chi connectivity index (χ0v) is 22.4. The van der Waals surface area contributed by atoms with Gasteiger partial charge in [-0.1, -0.05) is 12.8 Å². The molecule has 13 heteroatoms. The molecule has 0 saturated carbocycles. The summed E-state index contributed by atoms with van der Waals surface area (Å²) < 4.78 is 22.6. The Kier molecular flexibility index (Phi) is 7.48. The predicted molar refractivity (Wildman–Crippen MR) is 137 cm³/mol. The molecule has 0 radical (unpaired) electrons. The fourth-order valence-corrected chi connectivity index (χ4v) is 3.81. The molecule has 1 unspecified atom stereocenters. The minimum absolute atomic E-state index is 0.0629. The molecule has 0 aromatic carbocycles. The molecular weight excluding hydrogens is 494 g/mol. The van der Waals surface area contributed by atoms with E-state index in [0.29, 0.717) is 54.4 Å². The molecule has 2 atom stereocenters. The molecule has 3 aromatic heterocycles. The third-order valence-corrected chi connectivity index (χ3v) is 5.55. The van der Waals surface area contributed by atoms with Crippen molar-refractivity contribution in [3.8, 4) is 29.1 Å². The zero-order valence-electron chi connectivity index (χ0n) is 22.4. The molecule has 204 valence electrons. The van der Waals surface area contributed by atoms with Crippen molar-refractivity contribution in [3.05, 3.63) is 11.9 Å². The lowest BCUT2D eigenvalue weighted by Crippen LogP contribution is -2.52. The van der Waals surface area contributed by atoms with Crippen LogP contribution in [-0.4, -0.2) is 84.5 Å². The average Bonchev–Trinajstić information content (AvgIpc) is 3.46. The number of nitrogen functional groups attached to an aromatic ring is 1. The first kappa shape index (κ1) is 27.2. The molecular formula is C25H33N7O6. The minimum Gasteiger partial charge on any atom is -0.484 e. The van der Waals surface area contributed by atoms with Crippen LogP contribution in [0.5, 0.6) is 5.75 Å². The molecule has 3 aromatic rings. The van der Waals surface area contributed by atoms with Crippen molar-refractivity contribution in [2.24, 2.45) is 0 Å². The second kappa shape index (κ2) is 10.5. The summed E-state index contributed by atoms with van der Waals surface area (Å²) in [5, 5.41) is 17.5. The first-order valence-electron chi connectivity index (χ1n) is 12.3. The Morgan fingerprint density at radius 3 is 2.74 bits per heavy atom. The van der Waals surface area contributed by atoms with E-state index in [9.17, 15) is 9.90 Å². The number of hydrogen-bond acceptors (Lipinski definition) is 11. The number of ether oxygens (including phenoxy) is 3. The Labute approximate surface area is 220 Å². The van der Waals surface area contributed by atoms with Crippen molar-refractivity contribution in [1.82, 2.24) is 30.2 Å². The van der Waals surface area contributed by atoms with Crippen molar-refractivity contribution in [2.75, 3.05) is 25.4 Å². The number of aliphatic hydroxyl groups is 1. The van der Waals surface area contributed by atoms with Crippen LogP contribution < -0.4 is 10.5 Å². The van der Waals surface area contributed by atoms with E-state index in [1.165, 1.54) is 6.20 Å². The number of carbonyl (C=O) groups is 1. The molecule has 4 N–H and O–H groups in total. The van der Waals surface area contributed by atoms with E-state index in [2.05, 4.69) is 37.1 Å². The molecule has 38 heavy (non-hydrogen) atoms. The highest BCUT2D eigenvalue weighted by atomic mass is 16.6. The van der Waals surface area contributed by atoms with Gasteiger partial charge in [-0.2, -0.15) is 0 Å². The summed E-state index contributed by atoms with van der Waals surface area (Å²) in [4.78, 5) is 26.4. The van der Waals surface area contributed by atoms with Gasteiger partial charge in [0.25, 0.3) is 0 Å². The van der Waals surface area contributed by atoms with Crippen LogP contribution in [0.1, 0.15) is 53.7 Å². The number of nitrogens with one attached hydrogen (secondary N) is 1. The summed E-state index contributed by atoms with van der Waals surface area (Å²) in [6.45, 7) is 11.7. The van der Waals surface area contributed by atoms with Crippen molar-refractivity contribution >= 4 is 22.9 Å². The molecule has 1 aliphatic rings. The van der Waals surface area contributed by atoms with Crippen LogP contribution in [0.2, 0.25) is 0 Å². The minimum atomic E-state index is -1.23. The normalized spacial score (nSPS) is 17.1. The van der Waals surface area contributed by atoms with E-state index in [0.717, 1.165) is 0 Å². The van der Waals surface area contributed by atoms with Crippen molar-refractivity contribution in [2.45, 2.75) is 71.4 Å². The summed E-state index contributed by atoms with van der Waals surface area (Å²) >= 11 is 0. The van der Waals surface area contributed by atoms with Crippen molar-refractivity contribution in [3.63, 3.8) is 0 Å². The van der Waals surface area contributed by atoms with E-state index in [1.54, 1.807) is 18.7 Å². The van der Waals surface area contributed by atoms with E-state index < -0.39 is 29.5 Å². The molecule has 1 fully saturated rings. The Bertz CT molecular complexity index is 1360. The van der Waals surface area contributed by atoms with Crippen LogP contribution in [-0.2, 0) is 9.47 Å². The van der Waals surface area contributed by atoms with Gasteiger partial charge in [0.05, 0.1) is 19.3 Å². The van der Waals surface area contributed by atoms with E-state index in [-0.39, 0.29) is 11.5 Å².